The van der Waals surface area contributed by atoms with E-state index in [-0.39, 0.29) is 24.3 Å². The van der Waals surface area contributed by atoms with E-state index in [0.29, 0.717) is 45.1 Å². The summed E-state index contributed by atoms with van der Waals surface area (Å²) in [6, 6.07) is 7.60. The molecule has 1 unspecified atom stereocenters. The highest BCUT2D eigenvalue weighted by Crippen LogP contribution is 2.20. The Labute approximate surface area is 161 Å². The molecule has 0 aromatic heterocycles. The lowest BCUT2D eigenvalue weighted by atomic mass is 9.96. The Morgan fingerprint density at radius 3 is 2.56 bits per heavy atom. The molecule has 0 radical (unpaired) electrons. The molecule has 2 fully saturated rings. The second-order valence-corrected chi connectivity index (χ2v) is 7.60. The molecule has 0 spiro atoms. The van der Waals surface area contributed by atoms with E-state index in [1.807, 2.05) is 29.2 Å². The summed E-state index contributed by atoms with van der Waals surface area (Å²) in [6.45, 7) is 3.71. The van der Waals surface area contributed by atoms with Gasteiger partial charge < -0.3 is 19.3 Å². The van der Waals surface area contributed by atoms with Gasteiger partial charge in [-0.1, -0.05) is 0 Å². The first-order chi connectivity index (χ1) is 12.1. The van der Waals surface area contributed by atoms with E-state index in [9.17, 15) is 9.59 Å². The van der Waals surface area contributed by atoms with Crippen LogP contribution in [0.25, 0.3) is 0 Å². The Morgan fingerprint density at radius 1 is 1.12 bits per heavy atom. The Morgan fingerprint density at radius 2 is 1.84 bits per heavy atom. The first kappa shape index (κ1) is 18.4. The second kappa shape index (κ2) is 8.84. The highest BCUT2D eigenvalue weighted by Gasteiger charge is 2.31. The maximum absolute atomic E-state index is 12.6. The number of piperidine rings is 1. The van der Waals surface area contributed by atoms with Gasteiger partial charge >= 0.3 is 0 Å². The number of rotatable bonds is 4. The maximum Gasteiger partial charge on any atom is 0.260 e. The Bertz CT molecular complexity index is 602. The van der Waals surface area contributed by atoms with Crippen LogP contribution in [0, 0.1) is 9.49 Å². The minimum Gasteiger partial charge on any atom is -0.484 e. The van der Waals surface area contributed by atoms with Crippen LogP contribution in [0.5, 0.6) is 5.75 Å². The van der Waals surface area contributed by atoms with Crippen molar-refractivity contribution in [2.75, 3.05) is 46.0 Å². The third kappa shape index (κ3) is 5.07. The fraction of sp³-hybridized carbons (Fsp3) is 0.556. The van der Waals surface area contributed by atoms with Crippen LogP contribution in [0.3, 0.4) is 0 Å². The van der Waals surface area contributed by atoms with E-state index in [4.69, 9.17) is 9.47 Å². The zero-order valence-electron chi connectivity index (χ0n) is 14.2. The van der Waals surface area contributed by atoms with Gasteiger partial charge in [-0.2, -0.15) is 0 Å². The van der Waals surface area contributed by atoms with Crippen LogP contribution in [0.15, 0.2) is 24.3 Å². The lowest BCUT2D eigenvalue weighted by Crippen LogP contribution is -2.50. The van der Waals surface area contributed by atoms with Crippen molar-refractivity contribution in [1.29, 1.82) is 0 Å². The number of likely N-dealkylation sites (tertiary alicyclic amines) is 1. The van der Waals surface area contributed by atoms with Crippen molar-refractivity contribution in [2.24, 2.45) is 5.92 Å². The molecule has 2 aliphatic rings. The van der Waals surface area contributed by atoms with E-state index >= 15 is 0 Å². The molecule has 2 heterocycles. The van der Waals surface area contributed by atoms with Crippen molar-refractivity contribution in [3.63, 3.8) is 0 Å². The molecule has 25 heavy (non-hydrogen) atoms. The standard InChI is InChI=1S/C18H23IN2O4/c19-15-3-5-16(6-4-15)25-13-17(22)21-7-1-2-14(12-21)18(23)20-8-10-24-11-9-20/h3-6,14H,1-2,7-13H2. The van der Waals surface area contributed by atoms with Gasteiger partial charge in [-0.15, -0.1) is 0 Å². The van der Waals surface area contributed by atoms with E-state index in [0.717, 1.165) is 16.4 Å². The molecule has 3 rings (SSSR count). The Hall–Kier alpha value is -1.35. The summed E-state index contributed by atoms with van der Waals surface area (Å²) in [4.78, 5) is 28.7. The molecule has 2 aliphatic heterocycles. The summed E-state index contributed by atoms with van der Waals surface area (Å²) in [5.41, 5.74) is 0. The summed E-state index contributed by atoms with van der Waals surface area (Å²) in [7, 11) is 0. The van der Waals surface area contributed by atoms with Crippen molar-refractivity contribution in [1.82, 2.24) is 9.80 Å². The number of carbonyl (C=O) groups excluding carboxylic acids is 2. The van der Waals surface area contributed by atoms with Gasteiger partial charge in [-0.05, 0) is 59.7 Å². The molecule has 136 valence electrons. The predicted molar refractivity (Wildman–Crippen MR) is 101 cm³/mol. The highest BCUT2D eigenvalue weighted by molar-refractivity contribution is 14.1. The molecule has 1 aromatic rings. The second-order valence-electron chi connectivity index (χ2n) is 6.36. The van der Waals surface area contributed by atoms with Crippen molar-refractivity contribution in [3.8, 4) is 5.75 Å². The summed E-state index contributed by atoms with van der Waals surface area (Å²) in [5, 5.41) is 0. The molecule has 7 heteroatoms. The lowest BCUT2D eigenvalue weighted by Gasteiger charge is -2.36. The number of amides is 2. The van der Waals surface area contributed by atoms with Gasteiger partial charge in [0.1, 0.15) is 5.75 Å². The van der Waals surface area contributed by atoms with Gasteiger partial charge in [-0.25, -0.2) is 0 Å². The van der Waals surface area contributed by atoms with Gasteiger partial charge in [0.2, 0.25) is 5.91 Å². The quantitative estimate of drug-likeness (QED) is 0.646. The lowest BCUT2D eigenvalue weighted by molar-refractivity contribution is -0.144. The molecular weight excluding hydrogens is 435 g/mol. The van der Waals surface area contributed by atoms with Crippen LogP contribution in [-0.4, -0.2) is 67.6 Å². The van der Waals surface area contributed by atoms with E-state index in [2.05, 4.69) is 22.6 Å². The number of benzene rings is 1. The van der Waals surface area contributed by atoms with Crippen LogP contribution >= 0.6 is 22.6 Å². The fourth-order valence-corrected chi connectivity index (χ4v) is 3.57. The van der Waals surface area contributed by atoms with E-state index in [1.165, 1.54) is 0 Å². The molecular formula is C18H23IN2O4. The number of nitrogens with zero attached hydrogens (tertiary/aromatic N) is 2. The maximum atomic E-state index is 12.6. The predicted octanol–water partition coefficient (Wildman–Crippen LogP) is 1.77. The van der Waals surface area contributed by atoms with E-state index < -0.39 is 0 Å². The normalized spacial score (nSPS) is 21.1. The van der Waals surface area contributed by atoms with Gasteiger partial charge in [-0.3, -0.25) is 9.59 Å². The van der Waals surface area contributed by atoms with Crippen LogP contribution in [0.2, 0.25) is 0 Å². The number of hydrogen-bond acceptors (Lipinski definition) is 4. The number of carbonyl (C=O) groups is 2. The first-order valence-corrected chi connectivity index (χ1v) is 9.74. The van der Waals surface area contributed by atoms with Gasteiger partial charge in [0.05, 0.1) is 19.1 Å². The monoisotopic (exact) mass is 458 g/mol. The molecule has 1 atom stereocenters. The van der Waals surface area contributed by atoms with Crippen molar-refractivity contribution in [3.05, 3.63) is 27.8 Å². The van der Waals surface area contributed by atoms with Crippen molar-refractivity contribution >= 4 is 34.4 Å². The molecule has 0 bridgehead atoms. The summed E-state index contributed by atoms with van der Waals surface area (Å²) in [6.07, 6.45) is 1.70. The van der Waals surface area contributed by atoms with Crippen molar-refractivity contribution < 1.29 is 19.1 Å². The van der Waals surface area contributed by atoms with Crippen LogP contribution in [0.4, 0.5) is 0 Å². The van der Waals surface area contributed by atoms with Gasteiger partial charge in [0.15, 0.2) is 6.61 Å². The average Bonchev–Trinajstić information content (AvgIpc) is 2.67. The number of hydrogen-bond donors (Lipinski definition) is 0. The van der Waals surface area contributed by atoms with Gasteiger partial charge in [0, 0.05) is 29.7 Å². The number of morpholine rings is 1. The van der Waals surface area contributed by atoms with Crippen LogP contribution in [0.1, 0.15) is 12.8 Å². The SMILES string of the molecule is O=C(COc1ccc(I)cc1)N1CCCC(C(=O)N2CCOCC2)C1. The third-order valence-corrected chi connectivity index (χ3v) is 5.34. The van der Waals surface area contributed by atoms with Gasteiger partial charge in [0.25, 0.3) is 5.91 Å². The van der Waals surface area contributed by atoms with Crippen LogP contribution in [-0.2, 0) is 14.3 Å². The zero-order chi connectivity index (χ0) is 17.6. The molecule has 2 amide bonds. The first-order valence-electron chi connectivity index (χ1n) is 8.66. The smallest absolute Gasteiger partial charge is 0.260 e. The molecule has 6 nitrogen and oxygen atoms in total. The highest BCUT2D eigenvalue weighted by atomic mass is 127. The average molecular weight is 458 g/mol. The molecule has 0 saturated carbocycles. The van der Waals surface area contributed by atoms with E-state index in [1.54, 1.807) is 4.90 Å². The minimum absolute atomic E-state index is 0.0130. The summed E-state index contributed by atoms with van der Waals surface area (Å²) in [5.74, 6) is 0.679. The molecule has 1 aromatic carbocycles. The van der Waals surface area contributed by atoms with Crippen molar-refractivity contribution in [2.45, 2.75) is 12.8 Å². The third-order valence-electron chi connectivity index (χ3n) is 4.62. The Balaban J connectivity index is 1.50. The zero-order valence-corrected chi connectivity index (χ0v) is 16.3. The summed E-state index contributed by atoms with van der Waals surface area (Å²) < 4.78 is 12.0. The fourth-order valence-electron chi connectivity index (χ4n) is 3.21. The summed E-state index contributed by atoms with van der Waals surface area (Å²) >= 11 is 2.23. The van der Waals surface area contributed by atoms with Crippen LogP contribution < -0.4 is 4.74 Å². The molecule has 2 saturated heterocycles. The molecule has 0 aliphatic carbocycles. The topological polar surface area (TPSA) is 59.1 Å². The number of ether oxygens (including phenoxy) is 2. The molecule has 0 N–H and O–H groups in total. The minimum atomic E-state index is -0.103. The largest absolute Gasteiger partial charge is 0.484 e. The number of halogens is 1. The Kier molecular flexibility index (Phi) is 6.52.